The van der Waals surface area contributed by atoms with Crippen molar-refractivity contribution in [1.29, 1.82) is 0 Å². The SMILES string of the molecule is COC(=O)CCCCCCN1C(=O)CC[C@@H]1C=C[C@@H](O)[C@H](C)CC#CCCc1ccccc1. The molecule has 1 N–H and O–H groups in total. The Hall–Kier alpha value is -2.58. The highest BCUT2D eigenvalue weighted by molar-refractivity contribution is 5.79. The van der Waals surface area contributed by atoms with Crippen LogP contribution in [0.15, 0.2) is 42.5 Å². The Kier molecular flexibility index (Phi) is 12.4. The monoisotopic (exact) mass is 453 g/mol. The van der Waals surface area contributed by atoms with Crippen LogP contribution < -0.4 is 0 Å². The number of unbranched alkanes of at least 4 members (excludes halogenated alkanes) is 3. The van der Waals surface area contributed by atoms with Gasteiger partial charge in [0.2, 0.25) is 5.91 Å². The smallest absolute Gasteiger partial charge is 0.305 e. The van der Waals surface area contributed by atoms with Gasteiger partial charge in [-0.3, -0.25) is 9.59 Å². The molecule has 0 bridgehead atoms. The predicted molar refractivity (Wildman–Crippen MR) is 131 cm³/mol. The first kappa shape index (κ1) is 26.7. The molecular formula is C28H39NO4. The molecule has 0 aromatic heterocycles. The van der Waals surface area contributed by atoms with Gasteiger partial charge >= 0.3 is 5.97 Å². The second kappa shape index (κ2) is 15.3. The molecule has 1 saturated heterocycles. The van der Waals surface area contributed by atoms with E-state index in [1.54, 1.807) is 0 Å². The van der Waals surface area contributed by atoms with E-state index in [0.717, 1.165) is 51.5 Å². The zero-order valence-electron chi connectivity index (χ0n) is 20.2. The van der Waals surface area contributed by atoms with E-state index in [2.05, 4.69) is 28.7 Å². The van der Waals surface area contributed by atoms with Crippen LogP contribution in [0.2, 0.25) is 0 Å². The van der Waals surface area contributed by atoms with Crippen molar-refractivity contribution in [2.45, 2.75) is 83.3 Å². The molecule has 5 heteroatoms. The van der Waals surface area contributed by atoms with Crippen molar-refractivity contribution in [3.05, 3.63) is 48.0 Å². The minimum atomic E-state index is -0.565. The zero-order chi connectivity index (χ0) is 23.9. The highest BCUT2D eigenvalue weighted by atomic mass is 16.5. The van der Waals surface area contributed by atoms with Gasteiger partial charge in [-0.15, -0.1) is 11.8 Å². The number of aliphatic hydroxyl groups excluding tert-OH is 1. The summed E-state index contributed by atoms with van der Waals surface area (Å²) in [6.07, 6.45) is 11.2. The van der Waals surface area contributed by atoms with Crippen LogP contribution in [0.1, 0.15) is 70.3 Å². The molecule has 1 aliphatic heterocycles. The fourth-order valence-electron chi connectivity index (χ4n) is 3.98. The summed E-state index contributed by atoms with van der Waals surface area (Å²) in [6, 6.07) is 10.4. The number of amides is 1. The molecule has 0 unspecified atom stereocenters. The van der Waals surface area contributed by atoms with Gasteiger partial charge in [0.1, 0.15) is 0 Å². The van der Waals surface area contributed by atoms with Crippen LogP contribution in [-0.2, 0) is 20.7 Å². The molecule has 3 atom stereocenters. The molecule has 180 valence electrons. The Labute approximate surface area is 199 Å². The van der Waals surface area contributed by atoms with E-state index in [1.807, 2.05) is 42.2 Å². The number of carbonyl (C=O) groups excluding carboxylic acids is 2. The van der Waals surface area contributed by atoms with Crippen molar-refractivity contribution in [2.75, 3.05) is 13.7 Å². The number of carbonyl (C=O) groups is 2. The summed E-state index contributed by atoms with van der Waals surface area (Å²) >= 11 is 0. The third-order valence-corrected chi connectivity index (χ3v) is 6.18. The maximum atomic E-state index is 12.3. The molecule has 5 nitrogen and oxygen atoms in total. The molecule has 0 spiro atoms. The number of rotatable bonds is 13. The van der Waals surface area contributed by atoms with Gasteiger partial charge in [0.15, 0.2) is 0 Å². The van der Waals surface area contributed by atoms with Crippen LogP contribution >= 0.6 is 0 Å². The van der Waals surface area contributed by atoms with Gasteiger partial charge in [-0.2, -0.15) is 0 Å². The van der Waals surface area contributed by atoms with Crippen LogP contribution in [0.25, 0.3) is 0 Å². The Morgan fingerprint density at radius 3 is 2.73 bits per heavy atom. The summed E-state index contributed by atoms with van der Waals surface area (Å²) in [5.74, 6) is 6.48. The average molecular weight is 454 g/mol. The van der Waals surface area contributed by atoms with Crippen molar-refractivity contribution in [3.8, 4) is 11.8 Å². The van der Waals surface area contributed by atoms with Crippen molar-refractivity contribution in [2.24, 2.45) is 5.92 Å². The largest absolute Gasteiger partial charge is 0.469 e. The van der Waals surface area contributed by atoms with E-state index < -0.39 is 6.10 Å². The lowest BCUT2D eigenvalue weighted by Gasteiger charge is -2.23. The van der Waals surface area contributed by atoms with E-state index in [1.165, 1.54) is 12.7 Å². The summed E-state index contributed by atoms with van der Waals surface area (Å²) in [5.41, 5.74) is 1.29. The number of nitrogens with zero attached hydrogens (tertiary/aromatic N) is 1. The number of esters is 1. The van der Waals surface area contributed by atoms with Crippen LogP contribution in [0, 0.1) is 17.8 Å². The molecule has 33 heavy (non-hydrogen) atoms. The lowest BCUT2D eigenvalue weighted by atomic mass is 9.99. The molecule has 1 aliphatic rings. The van der Waals surface area contributed by atoms with Crippen LogP contribution in [0.3, 0.4) is 0 Å². The molecule has 1 amide bonds. The Morgan fingerprint density at radius 1 is 1.21 bits per heavy atom. The first-order chi connectivity index (χ1) is 16.0. The topological polar surface area (TPSA) is 66.8 Å². The molecule has 1 aromatic rings. The predicted octanol–water partition coefficient (Wildman–Crippen LogP) is 4.68. The molecular weight excluding hydrogens is 414 g/mol. The molecule has 2 rings (SSSR count). The summed E-state index contributed by atoms with van der Waals surface area (Å²) in [6.45, 7) is 2.73. The second-order valence-electron chi connectivity index (χ2n) is 8.83. The first-order valence-corrected chi connectivity index (χ1v) is 12.2. The third-order valence-electron chi connectivity index (χ3n) is 6.18. The normalized spacial score (nSPS) is 17.6. The highest BCUT2D eigenvalue weighted by Gasteiger charge is 2.28. The Balaban J connectivity index is 1.68. The number of methoxy groups -OCH3 is 1. The van der Waals surface area contributed by atoms with Gasteiger partial charge in [0.05, 0.1) is 19.3 Å². The number of hydrogen-bond donors (Lipinski definition) is 1. The minimum absolute atomic E-state index is 0.0471. The molecule has 0 radical (unpaired) electrons. The van der Waals surface area contributed by atoms with Gasteiger partial charge in [0, 0.05) is 32.2 Å². The molecule has 0 saturated carbocycles. The zero-order valence-corrected chi connectivity index (χ0v) is 20.2. The number of aryl methyl sites for hydroxylation is 1. The quantitative estimate of drug-likeness (QED) is 0.204. The highest BCUT2D eigenvalue weighted by Crippen LogP contribution is 2.22. The molecule has 1 aromatic carbocycles. The first-order valence-electron chi connectivity index (χ1n) is 12.2. The number of benzene rings is 1. The summed E-state index contributed by atoms with van der Waals surface area (Å²) < 4.78 is 4.65. The van der Waals surface area contributed by atoms with E-state index in [0.29, 0.717) is 19.3 Å². The Morgan fingerprint density at radius 2 is 1.97 bits per heavy atom. The summed E-state index contributed by atoms with van der Waals surface area (Å²) in [5, 5.41) is 10.5. The number of likely N-dealkylation sites (tertiary alicyclic amines) is 1. The number of ether oxygens (including phenoxy) is 1. The van der Waals surface area contributed by atoms with Gasteiger partial charge in [-0.05, 0) is 37.2 Å². The fraction of sp³-hybridized carbons (Fsp3) is 0.571. The van der Waals surface area contributed by atoms with Gasteiger partial charge in [0.25, 0.3) is 0 Å². The van der Waals surface area contributed by atoms with Crippen molar-refractivity contribution < 1.29 is 19.4 Å². The maximum absolute atomic E-state index is 12.3. The Bertz CT molecular complexity index is 808. The van der Waals surface area contributed by atoms with E-state index >= 15 is 0 Å². The average Bonchev–Trinajstić information content (AvgIpc) is 3.18. The van der Waals surface area contributed by atoms with Crippen LogP contribution in [-0.4, -0.2) is 47.7 Å². The van der Waals surface area contributed by atoms with Crippen LogP contribution in [0.4, 0.5) is 0 Å². The van der Waals surface area contributed by atoms with E-state index in [-0.39, 0.29) is 23.8 Å². The van der Waals surface area contributed by atoms with Gasteiger partial charge < -0.3 is 14.7 Å². The summed E-state index contributed by atoms with van der Waals surface area (Å²) in [4.78, 5) is 25.3. The van der Waals surface area contributed by atoms with Crippen LogP contribution in [0.5, 0.6) is 0 Å². The number of aliphatic hydroxyl groups is 1. The fourth-order valence-corrected chi connectivity index (χ4v) is 3.98. The maximum Gasteiger partial charge on any atom is 0.305 e. The summed E-state index contributed by atoms with van der Waals surface area (Å²) in [7, 11) is 1.41. The standard InChI is InChI=1S/C28H39NO4/c1-23(13-7-5-8-14-24-15-9-6-10-16-24)26(30)20-18-25-19-21-27(31)29(25)22-12-4-3-11-17-28(32)33-2/h6,9-10,15-16,18,20,23,25-26,30H,3-4,8,11-14,17,19,21-22H2,1-2H3/t23-,25+,26-/m1/s1. The van der Waals surface area contributed by atoms with Crippen molar-refractivity contribution >= 4 is 11.9 Å². The lowest BCUT2D eigenvalue weighted by Crippen LogP contribution is -2.33. The van der Waals surface area contributed by atoms with Gasteiger partial charge in [-0.25, -0.2) is 0 Å². The third kappa shape index (κ3) is 10.3. The molecule has 1 fully saturated rings. The molecule has 0 aliphatic carbocycles. The van der Waals surface area contributed by atoms with Crippen molar-refractivity contribution in [3.63, 3.8) is 0 Å². The second-order valence-corrected chi connectivity index (χ2v) is 8.83. The number of hydrogen-bond acceptors (Lipinski definition) is 4. The van der Waals surface area contributed by atoms with E-state index in [4.69, 9.17) is 0 Å². The van der Waals surface area contributed by atoms with Gasteiger partial charge in [-0.1, -0.05) is 62.2 Å². The van der Waals surface area contributed by atoms with E-state index in [9.17, 15) is 14.7 Å². The molecule has 1 heterocycles. The lowest BCUT2D eigenvalue weighted by molar-refractivity contribution is -0.140. The van der Waals surface area contributed by atoms with Crippen molar-refractivity contribution in [1.82, 2.24) is 4.90 Å². The minimum Gasteiger partial charge on any atom is -0.469 e.